The van der Waals surface area contributed by atoms with Gasteiger partial charge in [-0.3, -0.25) is 10.1 Å². The van der Waals surface area contributed by atoms with E-state index in [-0.39, 0.29) is 17.0 Å². The van der Waals surface area contributed by atoms with E-state index in [0.29, 0.717) is 11.1 Å². The van der Waals surface area contributed by atoms with Gasteiger partial charge in [0.2, 0.25) is 0 Å². The maximum atomic E-state index is 12.6. The van der Waals surface area contributed by atoms with Gasteiger partial charge in [0, 0.05) is 30.4 Å². The van der Waals surface area contributed by atoms with E-state index in [9.17, 15) is 18.5 Å². The van der Waals surface area contributed by atoms with E-state index < -0.39 is 14.9 Å². The summed E-state index contributed by atoms with van der Waals surface area (Å²) in [6.07, 6.45) is 3.23. The summed E-state index contributed by atoms with van der Waals surface area (Å²) in [7, 11) is -3.67. The molecule has 3 aromatic rings. The third kappa shape index (κ3) is 3.46. The van der Waals surface area contributed by atoms with E-state index in [1.165, 1.54) is 18.5 Å². The maximum Gasteiger partial charge on any atom is 0.272 e. The van der Waals surface area contributed by atoms with Crippen LogP contribution in [0.2, 0.25) is 0 Å². The largest absolute Gasteiger partial charge is 0.272 e. The molecule has 0 fully saturated rings. The van der Waals surface area contributed by atoms with Crippen LogP contribution in [-0.2, 0) is 16.4 Å². The van der Waals surface area contributed by atoms with Crippen LogP contribution in [0.5, 0.6) is 0 Å². The van der Waals surface area contributed by atoms with Gasteiger partial charge in [-0.15, -0.1) is 0 Å². The number of nitro groups is 1. The van der Waals surface area contributed by atoms with Crippen LogP contribution in [0.3, 0.4) is 0 Å². The molecule has 3 rings (SSSR count). The van der Waals surface area contributed by atoms with Crippen molar-refractivity contribution in [3.8, 4) is 0 Å². The summed E-state index contributed by atoms with van der Waals surface area (Å²) in [5.74, 6) is 0. The topological polar surface area (TPSA) is 82.2 Å². The summed E-state index contributed by atoms with van der Waals surface area (Å²) in [4.78, 5) is 10.9. The molecule has 0 aliphatic carbocycles. The highest BCUT2D eigenvalue weighted by molar-refractivity contribution is 7.90. The maximum absolute atomic E-state index is 12.6. The predicted molar refractivity (Wildman–Crippen MR) is 94.1 cm³/mol. The summed E-state index contributed by atoms with van der Waals surface area (Å²) in [5, 5.41) is 11.1. The van der Waals surface area contributed by atoms with Gasteiger partial charge in [-0.05, 0) is 30.7 Å². The van der Waals surface area contributed by atoms with Crippen molar-refractivity contribution in [3.63, 3.8) is 0 Å². The molecule has 25 heavy (non-hydrogen) atoms. The molecular formula is C18H16N2O4S. The molecule has 0 spiro atoms. The molecule has 0 aliphatic rings. The van der Waals surface area contributed by atoms with E-state index in [1.807, 2.05) is 6.92 Å². The molecule has 6 nitrogen and oxygen atoms in total. The Morgan fingerprint density at radius 3 is 2.40 bits per heavy atom. The minimum Gasteiger partial charge on any atom is -0.258 e. The van der Waals surface area contributed by atoms with Crippen LogP contribution in [0.15, 0.2) is 71.9 Å². The Balaban J connectivity index is 1.91. The summed E-state index contributed by atoms with van der Waals surface area (Å²) in [6.45, 7) is 1.89. The number of nitrogens with zero attached hydrogens (tertiary/aromatic N) is 2. The number of rotatable bonds is 5. The fraction of sp³-hybridized carbons (Fsp3) is 0.111. The fourth-order valence-electron chi connectivity index (χ4n) is 2.56. The zero-order chi connectivity index (χ0) is 18.0. The van der Waals surface area contributed by atoms with Crippen LogP contribution >= 0.6 is 0 Å². The molecule has 0 saturated heterocycles. The van der Waals surface area contributed by atoms with Crippen molar-refractivity contribution < 1.29 is 13.3 Å². The smallest absolute Gasteiger partial charge is 0.258 e. The third-order valence-corrected chi connectivity index (χ3v) is 5.56. The molecular weight excluding hydrogens is 340 g/mol. The molecule has 0 radical (unpaired) electrons. The molecule has 0 unspecified atom stereocenters. The molecule has 1 heterocycles. The molecule has 128 valence electrons. The zero-order valence-corrected chi connectivity index (χ0v) is 14.3. The van der Waals surface area contributed by atoms with Gasteiger partial charge in [0.05, 0.1) is 9.82 Å². The molecule has 0 atom stereocenters. The minimum atomic E-state index is -3.67. The lowest BCUT2D eigenvalue weighted by molar-refractivity contribution is -0.385. The molecule has 0 aliphatic heterocycles. The van der Waals surface area contributed by atoms with E-state index in [1.54, 1.807) is 48.5 Å². The summed E-state index contributed by atoms with van der Waals surface area (Å²) in [5.41, 5.74) is 2.23. The first-order chi connectivity index (χ1) is 11.9. The van der Waals surface area contributed by atoms with E-state index in [4.69, 9.17) is 0 Å². The molecule has 2 aromatic carbocycles. The van der Waals surface area contributed by atoms with Gasteiger partial charge in [0.25, 0.3) is 15.7 Å². The van der Waals surface area contributed by atoms with Gasteiger partial charge in [-0.2, -0.15) is 0 Å². The SMILES string of the molecule is Cc1ccc(S(=O)(=O)n2ccc(Cc3ccccc3[N+](=O)[O-])c2)cc1. The number of hydrogen-bond donors (Lipinski definition) is 0. The molecule has 7 heteroatoms. The highest BCUT2D eigenvalue weighted by Gasteiger charge is 2.18. The lowest BCUT2D eigenvalue weighted by Gasteiger charge is -2.06. The Morgan fingerprint density at radius 2 is 1.72 bits per heavy atom. The molecule has 0 amide bonds. The van der Waals surface area contributed by atoms with E-state index in [0.717, 1.165) is 9.54 Å². The van der Waals surface area contributed by atoms with Gasteiger partial charge < -0.3 is 0 Å². The lowest BCUT2D eigenvalue weighted by Crippen LogP contribution is -2.10. The van der Waals surface area contributed by atoms with Crippen LogP contribution in [0.1, 0.15) is 16.7 Å². The van der Waals surface area contributed by atoms with Crippen molar-refractivity contribution in [2.75, 3.05) is 0 Å². The highest BCUT2D eigenvalue weighted by Crippen LogP contribution is 2.22. The summed E-state index contributed by atoms with van der Waals surface area (Å²) >= 11 is 0. The zero-order valence-electron chi connectivity index (χ0n) is 13.5. The van der Waals surface area contributed by atoms with Crippen molar-refractivity contribution in [2.24, 2.45) is 0 Å². The van der Waals surface area contributed by atoms with Crippen molar-refractivity contribution in [1.82, 2.24) is 3.97 Å². The Labute approximate surface area is 145 Å². The third-order valence-electron chi connectivity index (χ3n) is 3.91. The van der Waals surface area contributed by atoms with Crippen LogP contribution in [0.4, 0.5) is 5.69 Å². The monoisotopic (exact) mass is 356 g/mol. The van der Waals surface area contributed by atoms with Crippen LogP contribution < -0.4 is 0 Å². The Hall–Kier alpha value is -2.93. The number of hydrogen-bond acceptors (Lipinski definition) is 4. The quantitative estimate of drug-likeness (QED) is 0.517. The standard InChI is InChI=1S/C18H16N2O4S/c1-14-6-8-17(9-7-14)25(23,24)19-11-10-15(13-19)12-16-4-2-3-5-18(16)20(21)22/h2-11,13H,12H2,1H3. The van der Waals surface area contributed by atoms with Crippen molar-refractivity contribution in [2.45, 2.75) is 18.2 Å². The Kier molecular flexibility index (Phi) is 4.41. The second kappa shape index (κ2) is 6.52. The fourth-order valence-corrected chi connectivity index (χ4v) is 3.78. The average molecular weight is 356 g/mol. The predicted octanol–water partition coefficient (Wildman–Crippen LogP) is 3.53. The second-order valence-electron chi connectivity index (χ2n) is 5.73. The summed E-state index contributed by atoms with van der Waals surface area (Å²) < 4.78 is 26.4. The molecule has 1 aromatic heterocycles. The first kappa shape index (κ1) is 16.9. The Morgan fingerprint density at radius 1 is 1.04 bits per heavy atom. The first-order valence-electron chi connectivity index (χ1n) is 7.59. The van der Waals surface area contributed by atoms with Crippen molar-refractivity contribution >= 4 is 15.7 Å². The second-order valence-corrected chi connectivity index (χ2v) is 7.57. The highest BCUT2D eigenvalue weighted by atomic mass is 32.2. The number of nitro benzene ring substituents is 1. The van der Waals surface area contributed by atoms with Crippen molar-refractivity contribution in [1.29, 1.82) is 0 Å². The average Bonchev–Trinajstić information content (AvgIpc) is 3.05. The normalized spacial score (nSPS) is 11.4. The molecule has 0 bridgehead atoms. The van der Waals surface area contributed by atoms with Crippen LogP contribution in [-0.4, -0.2) is 17.3 Å². The van der Waals surface area contributed by atoms with E-state index >= 15 is 0 Å². The minimum absolute atomic E-state index is 0.0247. The van der Waals surface area contributed by atoms with Crippen LogP contribution in [0.25, 0.3) is 0 Å². The number of para-hydroxylation sites is 1. The lowest BCUT2D eigenvalue weighted by atomic mass is 10.1. The van der Waals surface area contributed by atoms with E-state index in [2.05, 4.69) is 0 Å². The molecule has 0 N–H and O–H groups in total. The van der Waals surface area contributed by atoms with Gasteiger partial charge >= 0.3 is 0 Å². The first-order valence-corrected chi connectivity index (χ1v) is 9.03. The number of aryl methyl sites for hydroxylation is 1. The number of benzene rings is 2. The van der Waals surface area contributed by atoms with Crippen LogP contribution in [0, 0.1) is 17.0 Å². The van der Waals surface area contributed by atoms with Gasteiger partial charge in [-0.25, -0.2) is 12.4 Å². The molecule has 0 saturated carbocycles. The van der Waals surface area contributed by atoms with Gasteiger partial charge in [0.1, 0.15) is 0 Å². The van der Waals surface area contributed by atoms with Gasteiger partial charge in [-0.1, -0.05) is 35.9 Å². The van der Waals surface area contributed by atoms with Gasteiger partial charge in [0.15, 0.2) is 0 Å². The number of aromatic nitrogens is 1. The van der Waals surface area contributed by atoms with Crippen molar-refractivity contribution in [3.05, 3.63) is 93.8 Å². The Bertz CT molecular complexity index is 1020. The summed E-state index contributed by atoms with van der Waals surface area (Å²) in [6, 6.07) is 14.7.